The molecule has 0 aliphatic heterocycles. The number of imidazole rings is 1. The lowest BCUT2D eigenvalue weighted by Crippen LogP contribution is -2.57. The summed E-state index contributed by atoms with van der Waals surface area (Å²) in [5.74, 6) is -4.72. The fourth-order valence-electron chi connectivity index (χ4n) is 2.17. The lowest BCUT2D eigenvalue weighted by molar-refractivity contribution is -0.138. The fourth-order valence-corrected chi connectivity index (χ4v) is 2.42. The highest BCUT2D eigenvalue weighted by molar-refractivity contribution is 7.80. The van der Waals surface area contributed by atoms with E-state index in [1.807, 2.05) is 5.32 Å². The van der Waals surface area contributed by atoms with Crippen molar-refractivity contribution in [2.24, 2.45) is 11.5 Å². The zero-order chi connectivity index (χ0) is 22.0. The Morgan fingerprint density at radius 2 is 1.79 bits per heavy atom. The monoisotopic (exact) mass is 429 g/mol. The average molecular weight is 429 g/mol. The van der Waals surface area contributed by atoms with E-state index in [2.05, 4.69) is 33.2 Å². The molecule has 29 heavy (non-hydrogen) atoms. The Morgan fingerprint density at radius 3 is 2.31 bits per heavy atom. The van der Waals surface area contributed by atoms with Gasteiger partial charge in [0.15, 0.2) is 0 Å². The van der Waals surface area contributed by atoms with Crippen LogP contribution in [0.1, 0.15) is 12.1 Å². The number of aromatic amines is 1. The number of carboxylic acid groups (broad SMARTS) is 1. The van der Waals surface area contributed by atoms with Gasteiger partial charge in [0.25, 0.3) is 0 Å². The van der Waals surface area contributed by atoms with Crippen molar-refractivity contribution in [3.8, 4) is 0 Å². The van der Waals surface area contributed by atoms with E-state index >= 15 is 0 Å². The standard InChI is InChI=1S/C15H23N7O6S/c16-8(1-7-3-18-6-20-7)13(26)22-10(5-29)15(28)21-9(2-11(17)23)14(27)19-4-12(24)25/h3,6,8-10,29H,1-2,4-5,16H2,(H2,17,23)(H,18,20)(H,19,27)(H,21,28)(H,22,26)(H,24,25). The molecule has 4 amide bonds. The van der Waals surface area contributed by atoms with Crippen LogP contribution in [0.3, 0.4) is 0 Å². The maximum atomic E-state index is 12.4. The minimum Gasteiger partial charge on any atom is -0.480 e. The molecule has 1 aromatic rings. The molecule has 3 atom stereocenters. The molecule has 3 unspecified atom stereocenters. The fraction of sp³-hybridized carbons (Fsp3) is 0.467. The molecule has 0 spiro atoms. The molecule has 0 radical (unpaired) electrons. The van der Waals surface area contributed by atoms with Crippen LogP contribution < -0.4 is 27.4 Å². The van der Waals surface area contributed by atoms with E-state index in [-0.39, 0.29) is 12.2 Å². The summed E-state index contributed by atoms with van der Waals surface area (Å²) in [6.45, 7) is -0.709. The number of hydrogen-bond acceptors (Lipinski definition) is 8. The molecule has 0 aromatic carbocycles. The maximum absolute atomic E-state index is 12.4. The number of hydrogen-bond donors (Lipinski definition) is 8. The Balaban J connectivity index is 2.71. The minimum atomic E-state index is -1.42. The number of aliphatic carboxylic acids is 1. The Morgan fingerprint density at radius 1 is 1.14 bits per heavy atom. The van der Waals surface area contributed by atoms with Crippen LogP contribution in [0.5, 0.6) is 0 Å². The van der Waals surface area contributed by atoms with Crippen molar-refractivity contribution in [3.05, 3.63) is 18.2 Å². The van der Waals surface area contributed by atoms with Crippen LogP contribution in [0, 0.1) is 0 Å². The lowest BCUT2D eigenvalue weighted by Gasteiger charge is -2.22. The molecular formula is C15H23N7O6S. The van der Waals surface area contributed by atoms with Crippen molar-refractivity contribution in [1.29, 1.82) is 0 Å². The van der Waals surface area contributed by atoms with Crippen molar-refractivity contribution < 1.29 is 29.1 Å². The molecule has 9 N–H and O–H groups in total. The molecule has 1 rings (SSSR count). The van der Waals surface area contributed by atoms with Gasteiger partial charge in [-0.25, -0.2) is 4.98 Å². The van der Waals surface area contributed by atoms with Crippen molar-refractivity contribution in [3.63, 3.8) is 0 Å². The number of carbonyl (C=O) groups excluding carboxylic acids is 4. The van der Waals surface area contributed by atoms with Gasteiger partial charge in [-0.1, -0.05) is 0 Å². The maximum Gasteiger partial charge on any atom is 0.322 e. The molecule has 0 fully saturated rings. The van der Waals surface area contributed by atoms with Gasteiger partial charge in [0.2, 0.25) is 23.6 Å². The van der Waals surface area contributed by atoms with E-state index in [9.17, 15) is 24.0 Å². The Kier molecular flexibility index (Phi) is 9.61. The number of H-pyrrole nitrogens is 1. The number of carboxylic acids is 1. The topological polar surface area (TPSA) is 222 Å². The second-order valence-corrected chi connectivity index (χ2v) is 6.34. The predicted octanol–water partition coefficient (Wildman–Crippen LogP) is -3.74. The van der Waals surface area contributed by atoms with E-state index in [1.54, 1.807) is 0 Å². The molecule has 0 aliphatic rings. The smallest absolute Gasteiger partial charge is 0.322 e. The van der Waals surface area contributed by atoms with Gasteiger partial charge in [-0.2, -0.15) is 12.6 Å². The number of thiol groups is 1. The van der Waals surface area contributed by atoms with Crippen LogP contribution >= 0.6 is 12.6 Å². The third kappa shape index (κ3) is 8.61. The molecule has 13 nitrogen and oxygen atoms in total. The average Bonchev–Trinajstić information content (AvgIpc) is 3.15. The highest BCUT2D eigenvalue weighted by atomic mass is 32.1. The van der Waals surface area contributed by atoms with Gasteiger partial charge >= 0.3 is 5.97 Å². The number of primary amides is 1. The zero-order valence-electron chi connectivity index (χ0n) is 15.3. The summed E-state index contributed by atoms with van der Waals surface area (Å²) in [5, 5.41) is 15.3. The minimum absolute atomic E-state index is 0.131. The first-order chi connectivity index (χ1) is 13.6. The van der Waals surface area contributed by atoms with Crippen LogP contribution in [0.25, 0.3) is 0 Å². The van der Waals surface area contributed by atoms with Gasteiger partial charge in [0.1, 0.15) is 18.6 Å². The van der Waals surface area contributed by atoms with Crippen molar-refractivity contribution in [1.82, 2.24) is 25.9 Å². The van der Waals surface area contributed by atoms with Gasteiger partial charge in [0.05, 0.1) is 18.8 Å². The molecule has 0 aliphatic carbocycles. The van der Waals surface area contributed by atoms with E-state index in [0.717, 1.165) is 0 Å². The third-order valence-corrected chi connectivity index (χ3v) is 3.96. The van der Waals surface area contributed by atoms with E-state index in [4.69, 9.17) is 16.6 Å². The second kappa shape index (κ2) is 11.7. The molecule has 160 valence electrons. The summed E-state index contributed by atoms with van der Waals surface area (Å²) in [7, 11) is 0. The summed E-state index contributed by atoms with van der Waals surface area (Å²) in [4.78, 5) is 64.9. The van der Waals surface area contributed by atoms with Gasteiger partial charge in [-0.05, 0) is 0 Å². The molecular weight excluding hydrogens is 406 g/mol. The SMILES string of the molecule is NC(=O)CC(NC(=O)C(CS)NC(=O)C(N)Cc1cnc[nH]1)C(=O)NCC(=O)O. The normalized spacial score (nSPS) is 13.6. The van der Waals surface area contributed by atoms with Crippen LogP contribution in [-0.4, -0.2) is 75.1 Å². The number of aromatic nitrogens is 2. The first-order valence-corrected chi connectivity index (χ1v) is 8.99. The van der Waals surface area contributed by atoms with Crippen LogP contribution in [0.4, 0.5) is 0 Å². The predicted molar refractivity (Wildman–Crippen MR) is 102 cm³/mol. The molecule has 1 aromatic heterocycles. The number of nitrogens with two attached hydrogens (primary N) is 2. The molecule has 14 heteroatoms. The largest absolute Gasteiger partial charge is 0.480 e. The number of nitrogens with zero attached hydrogens (tertiary/aromatic N) is 1. The summed E-state index contributed by atoms with van der Waals surface area (Å²) >= 11 is 4.00. The summed E-state index contributed by atoms with van der Waals surface area (Å²) in [6, 6.07) is -3.57. The summed E-state index contributed by atoms with van der Waals surface area (Å²) in [6.07, 6.45) is 2.51. The van der Waals surface area contributed by atoms with Crippen molar-refractivity contribution in [2.75, 3.05) is 12.3 Å². The van der Waals surface area contributed by atoms with E-state index in [0.29, 0.717) is 5.69 Å². The third-order valence-electron chi connectivity index (χ3n) is 3.60. The number of carbonyl (C=O) groups is 5. The van der Waals surface area contributed by atoms with Crippen LogP contribution in [-0.2, 0) is 30.4 Å². The highest BCUT2D eigenvalue weighted by Gasteiger charge is 2.28. The Hall–Kier alpha value is -3.13. The van der Waals surface area contributed by atoms with E-state index in [1.165, 1.54) is 12.5 Å². The van der Waals surface area contributed by atoms with Gasteiger partial charge in [-0.3, -0.25) is 24.0 Å². The van der Waals surface area contributed by atoms with Crippen LogP contribution in [0.2, 0.25) is 0 Å². The first kappa shape index (κ1) is 23.9. The Bertz CT molecular complexity index is 742. The molecule has 0 bridgehead atoms. The molecule has 0 saturated heterocycles. The van der Waals surface area contributed by atoms with E-state index < -0.39 is 60.7 Å². The number of rotatable bonds is 12. The number of nitrogens with one attached hydrogen (secondary N) is 4. The molecule has 0 saturated carbocycles. The van der Waals surface area contributed by atoms with Gasteiger partial charge in [-0.15, -0.1) is 0 Å². The number of amides is 4. The van der Waals surface area contributed by atoms with Crippen LogP contribution in [0.15, 0.2) is 12.5 Å². The van der Waals surface area contributed by atoms with Crippen molar-refractivity contribution in [2.45, 2.75) is 31.0 Å². The molecule has 1 heterocycles. The first-order valence-electron chi connectivity index (χ1n) is 8.36. The summed E-state index contributed by atoms with van der Waals surface area (Å²) < 4.78 is 0. The second-order valence-electron chi connectivity index (χ2n) is 5.97. The van der Waals surface area contributed by atoms with Crippen molar-refractivity contribution >= 4 is 42.2 Å². The van der Waals surface area contributed by atoms with Gasteiger partial charge in [0, 0.05) is 24.1 Å². The summed E-state index contributed by atoms with van der Waals surface area (Å²) in [5.41, 5.74) is 11.5. The highest BCUT2D eigenvalue weighted by Crippen LogP contribution is 2.00. The quantitative estimate of drug-likeness (QED) is 0.154. The lowest BCUT2D eigenvalue weighted by atomic mass is 10.1. The van der Waals surface area contributed by atoms with Gasteiger partial charge < -0.3 is 37.5 Å². The zero-order valence-corrected chi connectivity index (χ0v) is 16.1. The Labute approximate surface area is 170 Å².